The lowest BCUT2D eigenvalue weighted by molar-refractivity contribution is 0.184. The van der Waals surface area contributed by atoms with E-state index < -0.39 is 0 Å². The van der Waals surface area contributed by atoms with Crippen LogP contribution in [0.25, 0.3) is 0 Å². The van der Waals surface area contributed by atoms with E-state index >= 15 is 0 Å². The molecule has 0 saturated carbocycles. The van der Waals surface area contributed by atoms with Gasteiger partial charge >= 0.3 is 0 Å². The van der Waals surface area contributed by atoms with Gasteiger partial charge in [0.1, 0.15) is 0 Å². The predicted octanol–water partition coefficient (Wildman–Crippen LogP) is 1.01. The van der Waals surface area contributed by atoms with Crippen LogP contribution in [0.2, 0.25) is 0 Å². The van der Waals surface area contributed by atoms with E-state index in [1.54, 1.807) is 0 Å². The first-order valence-corrected chi connectivity index (χ1v) is 5.32. The van der Waals surface area contributed by atoms with E-state index in [1.807, 2.05) is 20.8 Å². The Morgan fingerprint density at radius 3 is 2.60 bits per heavy atom. The van der Waals surface area contributed by atoms with Crippen molar-refractivity contribution < 1.29 is 9.52 Å². The summed E-state index contributed by atoms with van der Waals surface area (Å²) < 4.78 is 5.48. The fourth-order valence-electron chi connectivity index (χ4n) is 1.25. The first-order valence-electron chi connectivity index (χ1n) is 5.32. The molecule has 0 fully saturated rings. The summed E-state index contributed by atoms with van der Waals surface area (Å²) in [5, 5.41) is 16.8. The molecular formula is C10H19N3O2. The summed E-state index contributed by atoms with van der Waals surface area (Å²) in [6.07, 6.45) is 0. The van der Waals surface area contributed by atoms with E-state index in [1.165, 1.54) is 0 Å². The highest BCUT2D eigenvalue weighted by Crippen LogP contribution is 2.12. The minimum Gasteiger partial charge on any atom is -0.424 e. The van der Waals surface area contributed by atoms with Crippen molar-refractivity contribution in [2.75, 3.05) is 19.7 Å². The number of aromatic nitrogens is 2. The number of nitrogens with zero attached hydrogens (tertiary/aromatic N) is 3. The van der Waals surface area contributed by atoms with Gasteiger partial charge in [0.2, 0.25) is 11.8 Å². The van der Waals surface area contributed by atoms with Gasteiger partial charge in [-0.3, -0.25) is 4.90 Å². The third kappa shape index (κ3) is 3.60. The summed E-state index contributed by atoms with van der Waals surface area (Å²) in [5.74, 6) is 1.55. The van der Waals surface area contributed by atoms with Gasteiger partial charge in [-0.25, -0.2) is 0 Å². The standard InChI is InChI=1S/C10H19N3O2/c1-4-13(5-6-14)7-9-11-12-10(15-9)8(2)3/h8,14H,4-7H2,1-3H3. The number of aliphatic hydroxyl groups excluding tert-OH is 1. The van der Waals surface area contributed by atoms with E-state index in [0.29, 0.717) is 24.9 Å². The lowest BCUT2D eigenvalue weighted by Gasteiger charge is -2.16. The Morgan fingerprint density at radius 2 is 2.13 bits per heavy atom. The van der Waals surface area contributed by atoms with Crippen molar-refractivity contribution in [3.05, 3.63) is 11.8 Å². The van der Waals surface area contributed by atoms with Crippen LogP contribution in [0.5, 0.6) is 0 Å². The number of hydrogen-bond acceptors (Lipinski definition) is 5. The molecule has 5 heteroatoms. The molecular weight excluding hydrogens is 194 g/mol. The third-order valence-electron chi connectivity index (χ3n) is 2.20. The van der Waals surface area contributed by atoms with Gasteiger partial charge in [0, 0.05) is 12.5 Å². The molecule has 0 radical (unpaired) electrons. The van der Waals surface area contributed by atoms with E-state index in [-0.39, 0.29) is 12.5 Å². The predicted molar refractivity (Wildman–Crippen MR) is 56.4 cm³/mol. The summed E-state index contributed by atoms with van der Waals surface area (Å²) in [6, 6.07) is 0. The van der Waals surface area contributed by atoms with Gasteiger partial charge in [-0.2, -0.15) is 0 Å². The topological polar surface area (TPSA) is 62.4 Å². The van der Waals surface area contributed by atoms with Crippen molar-refractivity contribution in [1.82, 2.24) is 15.1 Å². The van der Waals surface area contributed by atoms with E-state index in [9.17, 15) is 0 Å². The highest BCUT2D eigenvalue weighted by atomic mass is 16.4. The van der Waals surface area contributed by atoms with Gasteiger partial charge in [-0.05, 0) is 6.54 Å². The van der Waals surface area contributed by atoms with Crippen LogP contribution in [0.3, 0.4) is 0 Å². The molecule has 1 aromatic rings. The number of aliphatic hydroxyl groups is 1. The molecule has 5 nitrogen and oxygen atoms in total. The first kappa shape index (κ1) is 12.1. The molecule has 1 rings (SSSR count). The Hall–Kier alpha value is -0.940. The molecule has 0 aliphatic rings. The second kappa shape index (κ2) is 5.82. The number of hydrogen-bond donors (Lipinski definition) is 1. The van der Waals surface area contributed by atoms with E-state index in [4.69, 9.17) is 9.52 Å². The van der Waals surface area contributed by atoms with Crippen LogP contribution in [0.4, 0.5) is 0 Å². The molecule has 1 N–H and O–H groups in total. The van der Waals surface area contributed by atoms with Crippen molar-refractivity contribution in [2.24, 2.45) is 0 Å². The molecule has 0 saturated heterocycles. The average molecular weight is 213 g/mol. The van der Waals surface area contributed by atoms with Crippen molar-refractivity contribution in [3.8, 4) is 0 Å². The molecule has 0 spiro atoms. The second-order valence-electron chi connectivity index (χ2n) is 3.78. The maximum Gasteiger partial charge on any atom is 0.230 e. The largest absolute Gasteiger partial charge is 0.424 e. The molecule has 0 aliphatic heterocycles. The zero-order chi connectivity index (χ0) is 11.3. The molecule has 0 atom stereocenters. The fraction of sp³-hybridized carbons (Fsp3) is 0.800. The minimum atomic E-state index is 0.152. The van der Waals surface area contributed by atoms with Crippen molar-refractivity contribution >= 4 is 0 Å². The minimum absolute atomic E-state index is 0.152. The van der Waals surface area contributed by atoms with E-state index in [0.717, 1.165) is 6.54 Å². The van der Waals surface area contributed by atoms with Crippen LogP contribution in [-0.4, -0.2) is 39.9 Å². The molecule has 0 bridgehead atoms. The summed E-state index contributed by atoms with van der Waals surface area (Å²) >= 11 is 0. The molecule has 0 amide bonds. The first-order chi connectivity index (χ1) is 7.17. The monoisotopic (exact) mass is 213 g/mol. The van der Waals surface area contributed by atoms with Crippen LogP contribution in [-0.2, 0) is 6.54 Å². The molecule has 0 aromatic carbocycles. The lowest BCUT2D eigenvalue weighted by atomic mass is 10.2. The molecule has 86 valence electrons. The van der Waals surface area contributed by atoms with Crippen molar-refractivity contribution in [3.63, 3.8) is 0 Å². The van der Waals surface area contributed by atoms with E-state index in [2.05, 4.69) is 15.1 Å². The Balaban J connectivity index is 2.55. The van der Waals surface area contributed by atoms with Crippen LogP contribution < -0.4 is 0 Å². The summed E-state index contributed by atoms with van der Waals surface area (Å²) in [7, 11) is 0. The van der Waals surface area contributed by atoms with Crippen molar-refractivity contribution in [2.45, 2.75) is 33.2 Å². The quantitative estimate of drug-likeness (QED) is 0.764. The lowest BCUT2D eigenvalue weighted by Crippen LogP contribution is -2.26. The van der Waals surface area contributed by atoms with Gasteiger partial charge in [-0.15, -0.1) is 10.2 Å². The van der Waals surface area contributed by atoms with Crippen LogP contribution in [0, 0.1) is 0 Å². The smallest absolute Gasteiger partial charge is 0.230 e. The molecule has 1 aromatic heterocycles. The zero-order valence-electron chi connectivity index (χ0n) is 9.60. The second-order valence-corrected chi connectivity index (χ2v) is 3.78. The van der Waals surface area contributed by atoms with Gasteiger partial charge < -0.3 is 9.52 Å². The van der Waals surface area contributed by atoms with Crippen LogP contribution >= 0.6 is 0 Å². The summed E-state index contributed by atoms with van der Waals surface area (Å²) in [5.41, 5.74) is 0. The van der Waals surface area contributed by atoms with Gasteiger partial charge in [0.05, 0.1) is 13.2 Å². The van der Waals surface area contributed by atoms with Crippen LogP contribution in [0.1, 0.15) is 38.5 Å². The fourth-order valence-corrected chi connectivity index (χ4v) is 1.25. The Morgan fingerprint density at radius 1 is 1.40 bits per heavy atom. The maximum absolute atomic E-state index is 8.83. The Bertz CT molecular complexity index is 286. The van der Waals surface area contributed by atoms with Gasteiger partial charge in [-0.1, -0.05) is 20.8 Å². The molecule has 1 heterocycles. The number of rotatable bonds is 6. The molecule has 0 unspecified atom stereocenters. The maximum atomic E-state index is 8.83. The number of likely N-dealkylation sites (N-methyl/N-ethyl adjacent to an activating group) is 1. The van der Waals surface area contributed by atoms with Crippen LogP contribution in [0.15, 0.2) is 4.42 Å². The van der Waals surface area contributed by atoms with Gasteiger partial charge in [0.25, 0.3) is 0 Å². The van der Waals surface area contributed by atoms with Crippen molar-refractivity contribution in [1.29, 1.82) is 0 Å². The average Bonchev–Trinajstić information content (AvgIpc) is 2.65. The SMILES string of the molecule is CCN(CCO)Cc1nnc(C(C)C)o1. The molecule has 0 aliphatic carbocycles. The Kier molecular flexibility index (Phi) is 4.71. The van der Waals surface area contributed by atoms with Gasteiger partial charge in [0.15, 0.2) is 0 Å². The zero-order valence-corrected chi connectivity index (χ0v) is 9.60. The summed E-state index contributed by atoms with van der Waals surface area (Å²) in [6.45, 7) is 8.33. The summed E-state index contributed by atoms with van der Waals surface area (Å²) in [4.78, 5) is 2.05. The molecule has 15 heavy (non-hydrogen) atoms. The Labute approximate surface area is 90.1 Å². The highest BCUT2D eigenvalue weighted by molar-refractivity contribution is 4.87. The highest BCUT2D eigenvalue weighted by Gasteiger charge is 2.11. The normalized spacial score (nSPS) is 11.6. The third-order valence-corrected chi connectivity index (χ3v) is 2.20.